The molecule has 0 aromatic heterocycles. The van der Waals surface area contributed by atoms with Crippen LogP contribution in [-0.2, 0) is 20.1 Å². The van der Waals surface area contributed by atoms with Gasteiger partial charge in [-0.05, 0) is 12.1 Å². The minimum atomic E-state index is -6.35. The quantitative estimate of drug-likeness (QED) is 0.510. The van der Waals surface area contributed by atoms with Gasteiger partial charge >= 0.3 is 31.3 Å². The summed E-state index contributed by atoms with van der Waals surface area (Å²) in [7, 11) is -12.1. The highest BCUT2D eigenvalue weighted by Crippen LogP contribution is 2.33. The zero-order valence-electron chi connectivity index (χ0n) is 9.32. The lowest BCUT2D eigenvalue weighted by molar-refractivity contribution is -0.0441. The summed E-state index contributed by atoms with van der Waals surface area (Å²) >= 11 is 0. The molecule has 0 saturated heterocycles. The average Bonchev–Trinajstić information content (AvgIpc) is 2.27. The van der Waals surface area contributed by atoms with Crippen molar-refractivity contribution in [1.29, 1.82) is 0 Å². The normalized spacial score (nSPS) is 14.8. The number of benzene rings is 1. The first-order valence-electron chi connectivity index (χ1n) is 4.65. The molecule has 1 aromatic rings. The van der Waals surface area contributed by atoms with E-state index < -0.39 is 41.3 Å². The van der Waals surface area contributed by atoms with Crippen LogP contribution in [0.5, 0.6) is 0 Å². The van der Waals surface area contributed by atoms with E-state index in [9.17, 15) is 34.4 Å². The Balaban J connectivity index is 3.54. The zero-order chi connectivity index (χ0) is 15.8. The summed E-state index contributed by atoms with van der Waals surface area (Å²) in [5.41, 5.74) is -10.7. The zero-order valence-corrected chi connectivity index (χ0v) is 11.0. The monoisotopic (exact) mass is 337 g/mol. The van der Waals surface area contributed by atoms with Gasteiger partial charge < -0.3 is 0 Å². The van der Waals surface area contributed by atoms with Crippen molar-refractivity contribution in [2.75, 3.05) is 4.31 Å². The lowest BCUT2D eigenvalue weighted by atomic mass is 10.3. The molecule has 0 aliphatic heterocycles. The van der Waals surface area contributed by atoms with E-state index in [0.717, 1.165) is 24.3 Å². The van der Waals surface area contributed by atoms with Crippen LogP contribution in [0.2, 0.25) is 0 Å². The van der Waals surface area contributed by atoms with Gasteiger partial charge in [-0.25, -0.2) is 8.70 Å². The first-order chi connectivity index (χ1) is 8.89. The second kappa shape index (κ2) is 5.18. The smallest absolute Gasteiger partial charge is 0.282 e. The Labute approximate surface area is 111 Å². The maximum Gasteiger partial charge on any atom is 0.516 e. The van der Waals surface area contributed by atoms with E-state index in [1.54, 1.807) is 0 Å². The maximum absolute atomic E-state index is 13.5. The van der Waals surface area contributed by atoms with Gasteiger partial charge in [0.25, 0.3) is 0 Å². The molecule has 12 heteroatoms. The first-order valence-corrected chi connectivity index (χ1v) is 7.59. The number of anilines is 1. The van der Waals surface area contributed by atoms with E-state index in [4.69, 9.17) is 4.55 Å². The molecular formula is C8H7F4NO5S2. The third-order valence-corrected chi connectivity index (χ3v) is 4.33. The molecule has 0 radical (unpaired) electrons. The fraction of sp³-hybridized carbons (Fsp3) is 0.250. The second-order valence-corrected chi connectivity index (χ2v) is 6.61. The number of halogens is 4. The third kappa shape index (κ3) is 3.19. The van der Waals surface area contributed by atoms with E-state index in [-0.39, 0.29) is 0 Å². The van der Waals surface area contributed by atoms with Crippen LogP contribution in [0.3, 0.4) is 0 Å². The maximum atomic E-state index is 13.5. The van der Waals surface area contributed by atoms with Crippen LogP contribution >= 0.6 is 0 Å². The molecule has 1 atom stereocenters. The van der Waals surface area contributed by atoms with Crippen molar-refractivity contribution in [3.63, 3.8) is 0 Å². The molecule has 0 bridgehead atoms. The highest BCUT2D eigenvalue weighted by atomic mass is 32.2. The summed E-state index contributed by atoms with van der Waals surface area (Å²) in [6, 6.07) is 4.88. The summed E-state index contributed by atoms with van der Waals surface area (Å²) < 4.78 is 102. The van der Waals surface area contributed by atoms with Crippen LogP contribution in [-0.4, -0.2) is 32.5 Å². The van der Waals surface area contributed by atoms with Crippen LogP contribution in [0, 0.1) is 0 Å². The highest BCUT2D eigenvalue weighted by Gasteiger charge is 2.54. The van der Waals surface area contributed by atoms with Gasteiger partial charge in [-0.2, -0.15) is 30.0 Å². The predicted molar refractivity (Wildman–Crippen MR) is 60.3 cm³/mol. The fourth-order valence-corrected chi connectivity index (χ4v) is 3.04. The SMILES string of the molecule is O=S(=O)(O)C(F)N(c1ccccc1)S(=O)(=O)C(F)(F)F. The van der Waals surface area contributed by atoms with E-state index in [2.05, 4.69) is 0 Å². The molecule has 0 heterocycles. The minimum absolute atomic E-state index is 0.737. The van der Waals surface area contributed by atoms with E-state index in [0.29, 0.717) is 0 Å². The van der Waals surface area contributed by atoms with Crippen molar-refractivity contribution >= 4 is 25.8 Å². The molecule has 114 valence electrons. The number of sulfonamides is 1. The Kier molecular flexibility index (Phi) is 4.31. The summed E-state index contributed by atoms with van der Waals surface area (Å²) in [5, 5.41) is 0. The Bertz CT molecular complexity index is 671. The van der Waals surface area contributed by atoms with Crippen LogP contribution < -0.4 is 4.31 Å². The van der Waals surface area contributed by atoms with Crippen LogP contribution in [0.25, 0.3) is 0 Å². The molecule has 0 spiro atoms. The molecular weight excluding hydrogens is 330 g/mol. The molecule has 0 fully saturated rings. The summed E-state index contributed by atoms with van der Waals surface area (Å²) in [6.45, 7) is 0. The summed E-state index contributed by atoms with van der Waals surface area (Å²) in [6.07, 6.45) is 0. The number of alkyl halides is 4. The molecule has 6 nitrogen and oxygen atoms in total. The largest absolute Gasteiger partial charge is 0.516 e. The summed E-state index contributed by atoms with van der Waals surface area (Å²) in [4.78, 5) is 0. The molecule has 0 amide bonds. The van der Waals surface area contributed by atoms with Crippen molar-refractivity contribution in [3.05, 3.63) is 30.3 Å². The average molecular weight is 337 g/mol. The number of nitrogens with zero attached hydrogens (tertiary/aromatic N) is 1. The molecule has 1 rings (SSSR count). The van der Waals surface area contributed by atoms with Crippen molar-refractivity contribution < 1.29 is 39.0 Å². The number of para-hydroxylation sites is 1. The molecule has 20 heavy (non-hydrogen) atoms. The topological polar surface area (TPSA) is 91.8 Å². The molecule has 0 aliphatic rings. The van der Waals surface area contributed by atoms with Gasteiger partial charge in [0.2, 0.25) is 0 Å². The van der Waals surface area contributed by atoms with Gasteiger partial charge in [0, 0.05) is 0 Å². The standard InChI is InChI=1S/C8H7F4NO5S2/c9-7(19(14,15)16)13(6-4-2-1-3-5-6)20(17,18)8(10,11)12/h1-5,7H,(H,14,15,16). The van der Waals surface area contributed by atoms with Gasteiger partial charge in [-0.1, -0.05) is 18.2 Å². The number of hydrogen-bond donors (Lipinski definition) is 1. The first kappa shape index (κ1) is 16.7. The molecule has 1 N–H and O–H groups in total. The number of hydrogen-bond acceptors (Lipinski definition) is 4. The van der Waals surface area contributed by atoms with Gasteiger partial charge in [-0.15, -0.1) is 0 Å². The predicted octanol–water partition coefficient (Wildman–Crippen LogP) is 1.48. The third-order valence-electron chi connectivity index (χ3n) is 1.99. The minimum Gasteiger partial charge on any atom is -0.282 e. The van der Waals surface area contributed by atoms with E-state index in [1.165, 1.54) is 6.07 Å². The second-order valence-electron chi connectivity index (χ2n) is 3.39. The van der Waals surface area contributed by atoms with Crippen molar-refractivity contribution in [2.24, 2.45) is 0 Å². The Morgan fingerprint density at radius 2 is 1.50 bits per heavy atom. The fourth-order valence-electron chi connectivity index (χ4n) is 1.17. The Hall–Kier alpha value is -1.40. The van der Waals surface area contributed by atoms with Crippen LogP contribution in [0.1, 0.15) is 0 Å². The Morgan fingerprint density at radius 1 is 1.05 bits per heavy atom. The van der Waals surface area contributed by atoms with Gasteiger partial charge in [-0.3, -0.25) is 4.55 Å². The van der Waals surface area contributed by atoms with Crippen LogP contribution in [0.15, 0.2) is 30.3 Å². The highest BCUT2D eigenvalue weighted by molar-refractivity contribution is 7.95. The number of rotatable bonds is 4. The van der Waals surface area contributed by atoms with Crippen molar-refractivity contribution in [3.8, 4) is 0 Å². The van der Waals surface area contributed by atoms with Gasteiger partial charge in [0.1, 0.15) is 0 Å². The Morgan fingerprint density at radius 3 is 1.85 bits per heavy atom. The van der Waals surface area contributed by atoms with Crippen LogP contribution in [0.4, 0.5) is 23.2 Å². The van der Waals surface area contributed by atoms with Crippen molar-refractivity contribution in [1.82, 2.24) is 0 Å². The summed E-state index contributed by atoms with van der Waals surface area (Å²) in [5.74, 6) is 0. The van der Waals surface area contributed by atoms with Gasteiger partial charge in [0.15, 0.2) is 0 Å². The van der Waals surface area contributed by atoms with Gasteiger partial charge in [0.05, 0.1) is 5.69 Å². The van der Waals surface area contributed by atoms with E-state index in [1.807, 2.05) is 0 Å². The van der Waals surface area contributed by atoms with E-state index >= 15 is 0 Å². The molecule has 0 aliphatic carbocycles. The molecule has 1 unspecified atom stereocenters. The lowest BCUT2D eigenvalue weighted by Crippen LogP contribution is -2.48. The lowest BCUT2D eigenvalue weighted by Gasteiger charge is -2.26. The molecule has 0 saturated carbocycles. The molecule has 1 aromatic carbocycles. The van der Waals surface area contributed by atoms with Crippen molar-refractivity contribution in [2.45, 2.75) is 11.1 Å².